The molecule has 0 aliphatic heterocycles. The molecular formula is C13H13N3O4. The van der Waals surface area contributed by atoms with E-state index in [9.17, 15) is 19.5 Å². The van der Waals surface area contributed by atoms with Gasteiger partial charge in [-0.15, -0.1) is 0 Å². The fourth-order valence-corrected chi connectivity index (χ4v) is 2.83. The molecule has 1 aliphatic rings. The maximum absolute atomic E-state index is 12.0. The van der Waals surface area contributed by atoms with E-state index >= 15 is 0 Å². The van der Waals surface area contributed by atoms with Gasteiger partial charge in [0.1, 0.15) is 0 Å². The molecular weight excluding hydrogens is 262 g/mol. The third-order valence-electron chi connectivity index (χ3n) is 3.68. The van der Waals surface area contributed by atoms with Gasteiger partial charge in [-0.2, -0.15) is 0 Å². The van der Waals surface area contributed by atoms with Gasteiger partial charge in [-0.3, -0.25) is 14.3 Å². The number of pyridine rings is 1. The Labute approximate surface area is 112 Å². The molecule has 7 nitrogen and oxygen atoms in total. The molecule has 2 aromatic heterocycles. The predicted molar refractivity (Wildman–Crippen MR) is 71.3 cm³/mol. The van der Waals surface area contributed by atoms with Crippen LogP contribution >= 0.6 is 0 Å². The van der Waals surface area contributed by atoms with E-state index in [1.165, 1.54) is 4.57 Å². The van der Waals surface area contributed by atoms with Crippen LogP contribution in [0.4, 0.5) is 0 Å². The van der Waals surface area contributed by atoms with Crippen LogP contribution in [0.2, 0.25) is 0 Å². The van der Waals surface area contributed by atoms with Gasteiger partial charge in [-0.05, 0) is 31.7 Å². The fourth-order valence-electron chi connectivity index (χ4n) is 2.83. The van der Waals surface area contributed by atoms with Gasteiger partial charge in [0.25, 0.3) is 5.56 Å². The number of H-pyrrole nitrogens is 1. The first-order valence-electron chi connectivity index (χ1n) is 6.46. The molecule has 0 aromatic carbocycles. The van der Waals surface area contributed by atoms with Crippen molar-refractivity contribution in [3.05, 3.63) is 37.7 Å². The van der Waals surface area contributed by atoms with Crippen molar-refractivity contribution in [2.24, 2.45) is 0 Å². The SMILES string of the molecule is CCn1c(=O)[nH]c(=O)c2c(C(=O)O)c3c(nc21)CCC3. The second-order valence-corrected chi connectivity index (χ2v) is 4.77. The number of hydrogen-bond donors (Lipinski definition) is 2. The number of nitrogens with zero attached hydrogens (tertiary/aromatic N) is 2. The Morgan fingerprint density at radius 1 is 1.40 bits per heavy atom. The van der Waals surface area contributed by atoms with Crippen molar-refractivity contribution in [2.75, 3.05) is 0 Å². The van der Waals surface area contributed by atoms with Crippen LogP contribution in [-0.2, 0) is 19.4 Å². The number of carbonyl (C=O) groups is 1. The van der Waals surface area contributed by atoms with E-state index in [-0.39, 0.29) is 16.6 Å². The summed E-state index contributed by atoms with van der Waals surface area (Å²) in [6, 6.07) is 0. The number of aromatic amines is 1. The average Bonchev–Trinajstić information content (AvgIpc) is 2.84. The summed E-state index contributed by atoms with van der Waals surface area (Å²) in [5.41, 5.74) is 0.213. The van der Waals surface area contributed by atoms with Gasteiger partial charge in [-0.25, -0.2) is 14.6 Å². The van der Waals surface area contributed by atoms with E-state index < -0.39 is 17.2 Å². The maximum Gasteiger partial charge on any atom is 0.336 e. The Kier molecular flexibility index (Phi) is 2.70. The Bertz CT molecular complexity index is 847. The summed E-state index contributed by atoms with van der Waals surface area (Å²) in [6.07, 6.45) is 2.09. The first-order chi connectivity index (χ1) is 9.54. The Balaban J connectivity index is 2.61. The van der Waals surface area contributed by atoms with Crippen molar-refractivity contribution in [3.8, 4) is 0 Å². The highest BCUT2D eigenvalue weighted by atomic mass is 16.4. The minimum atomic E-state index is -1.15. The van der Waals surface area contributed by atoms with Crippen LogP contribution in [0.3, 0.4) is 0 Å². The normalized spacial score (nSPS) is 13.7. The molecule has 0 amide bonds. The maximum atomic E-state index is 12.0. The number of nitrogens with one attached hydrogen (secondary N) is 1. The van der Waals surface area contributed by atoms with E-state index in [1.54, 1.807) is 6.92 Å². The fraction of sp³-hybridized carbons (Fsp3) is 0.385. The number of carboxylic acid groups (broad SMARTS) is 1. The smallest absolute Gasteiger partial charge is 0.336 e. The summed E-state index contributed by atoms with van der Waals surface area (Å²) < 4.78 is 1.29. The standard InChI is InChI=1S/C13H13N3O4/c1-2-16-10-9(11(17)15-13(16)20)8(12(18)19)6-4-3-5-7(6)14-10/h2-5H2,1H3,(H,18,19)(H,15,17,20). The first-order valence-corrected chi connectivity index (χ1v) is 6.46. The lowest BCUT2D eigenvalue weighted by Gasteiger charge is -2.11. The van der Waals surface area contributed by atoms with Crippen molar-refractivity contribution < 1.29 is 9.90 Å². The topological polar surface area (TPSA) is 105 Å². The molecule has 104 valence electrons. The second kappa shape index (κ2) is 4.29. The lowest BCUT2D eigenvalue weighted by molar-refractivity contribution is 0.0697. The molecule has 3 rings (SSSR count). The molecule has 0 fully saturated rings. The quantitative estimate of drug-likeness (QED) is 0.819. The average molecular weight is 275 g/mol. The summed E-state index contributed by atoms with van der Waals surface area (Å²) in [4.78, 5) is 41.9. The Morgan fingerprint density at radius 3 is 2.80 bits per heavy atom. The van der Waals surface area contributed by atoms with Crippen LogP contribution in [0.5, 0.6) is 0 Å². The van der Waals surface area contributed by atoms with Gasteiger partial charge in [-0.1, -0.05) is 0 Å². The number of fused-ring (bicyclic) bond motifs is 2. The molecule has 2 N–H and O–H groups in total. The van der Waals surface area contributed by atoms with Gasteiger partial charge in [0, 0.05) is 12.2 Å². The zero-order valence-corrected chi connectivity index (χ0v) is 10.9. The molecule has 0 spiro atoms. The van der Waals surface area contributed by atoms with Crippen molar-refractivity contribution in [3.63, 3.8) is 0 Å². The van der Waals surface area contributed by atoms with Gasteiger partial charge >= 0.3 is 11.7 Å². The summed E-state index contributed by atoms with van der Waals surface area (Å²) in [7, 11) is 0. The van der Waals surface area contributed by atoms with E-state index in [2.05, 4.69) is 9.97 Å². The highest BCUT2D eigenvalue weighted by Crippen LogP contribution is 2.27. The molecule has 1 aliphatic carbocycles. The van der Waals surface area contributed by atoms with Gasteiger partial charge < -0.3 is 5.11 Å². The molecule has 0 saturated heterocycles. The molecule has 0 atom stereocenters. The third-order valence-corrected chi connectivity index (χ3v) is 3.68. The van der Waals surface area contributed by atoms with Crippen LogP contribution in [0.15, 0.2) is 9.59 Å². The summed E-state index contributed by atoms with van der Waals surface area (Å²) in [6.45, 7) is 2.06. The van der Waals surface area contributed by atoms with Crippen molar-refractivity contribution >= 4 is 17.0 Å². The molecule has 7 heteroatoms. The van der Waals surface area contributed by atoms with Crippen molar-refractivity contribution in [1.82, 2.24) is 14.5 Å². The Morgan fingerprint density at radius 2 is 2.15 bits per heavy atom. The minimum Gasteiger partial charge on any atom is -0.478 e. The summed E-state index contributed by atoms with van der Waals surface area (Å²) in [5, 5.41) is 9.44. The van der Waals surface area contributed by atoms with Crippen LogP contribution in [-0.4, -0.2) is 25.6 Å². The van der Waals surface area contributed by atoms with Gasteiger partial charge in [0.15, 0.2) is 5.65 Å². The van der Waals surface area contributed by atoms with E-state index in [0.717, 1.165) is 6.42 Å². The van der Waals surface area contributed by atoms with Crippen LogP contribution in [0.25, 0.3) is 11.0 Å². The predicted octanol–water partition coefficient (Wildman–Crippen LogP) is 0.292. The zero-order chi connectivity index (χ0) is 14.4. The lowest BCUT2D eigenvalue weighted by Crippen LogP contribution is -2.32. The van der Waals surface area contributed by atoms with Crippen LogP contribution in [0.1, 0.15) is 35.0 Å². The molecule has 20 heavy (non-hydrogen) atoms. The first kappa shape index (κ1) is 12.6. The second-order valence-electron chi connectivity index (χ2n) is 4.77. The molecule has 0 unspecified atom stereocenters. The van der Waals surface area contributed by atoms with Gasteiger partial charge in [0.05, 0.1) is 10.9 Å². The molecule has 0 bridgehead atoms. The van der Waals surface area contributed by atoms with Crippen molar-refractivity contribution in [1.29, 1.82) is 0 Å². The summed E-state index contributed by atoms with van der Waals surface area (Å²) in [5.74, 6) is -1.15. The number of hydrogen-bond acceptors (Lipinski definition) is 4. The van der Waals surface area contributed by atoms with E-state index in [1.807, 2.05) is 0 Å². The lowest BCUT2D eigenvalue weighted by atomic mass is 10.0. The number of carboxylic acids is 1. The third kappa shape index (κ3) is 1.59. The van der Waals surface area contributed by atoms with Crippen molar-refractivity contribution in [2.45, 2.75) is 32.7 Å². The molecule has 2 aromatic rings. The number of aryl methyl sites for hydroxylation is 2. The molecule has 0 saturated carbocycles. The highest BCUT2D eigenvalue weighted by Gasteiger charge is 2.26. The number of aromatic nitrogens is 3. The highest BCUT2D eigenvalue weighted by molar-refractivity contribution is 6.03. The molecule has 2 heterocycles. The largest absolute Gasteiger partial charge is 0.478 e. The summed E-state index contributed by atoms with van der Waals surface area (Å²) >= 11 is 0. The zero-order valence-electron chi connectivity index (χ0n) is 10.9. The molecule has 0 radical (unpaired) electrons. The number of aromatic carboxylic acids is 1. The number of rotatable bonds is 2. The van der Waals surface area contributed by atoms with Crippen LogP contribution in [0, 0.1) is 0 Å². The Hall–Kier alpha value is -2.44. The van der Waals surface area contributed by atoms with E-state index in [0.29, 0.717) is 30.6 Å². The monoisotopic (exact) mass is 275 g/mol. The van der Waals surface area contributed by atoms with Crippen LogP contribution < -0.4 is 11.2 Å². The van der Waals surface area contributed by atoms with Gasteiger partial charge in [0.2, 0.25) is 0 Å². The van der Waals surface area contributed by atoms with E-state index in [4.69, 9.17) is 0 Å². The minimum absolute atomic E-state index is 0.000370.